The summed E-state index contributed by atoms with van der Waals surface area (Å²) in [7, 11) is 4.50. The van der Waals surface area contributed by atoms with E-state index < -0.39 is 11.5 Å². The summed E-state index contributed by atoms with van der Waals surface area (Å²) < 4.78 is 21.1. The Bertz CT molecular complexity index is 497. The summed E-state index contributed by atoms with van der Waals surface area (Å²) in [5, 5.41) is 0. The predicted octanol–water partition coefficient (Wildman–Crippen LogP) is 1.51. The maximum absolute atomic E-state index is 11.7. The third kappa shape index (κ3) is 3.39. The summed E-state index contributed by atoms with van der Waals surface area (Å²) >= 11 is 0. The summed E-state index contributed by atoms with van der Waals surface area (Å²) in [6.07, 6.45) is 1.54. The van der Waals surface area contributed by atoms with Crippen molar-refractivity contribution >= 4 is 5.97 Å². The third-order valence-corrected chi connectivity index (χ3v) is 3.72. The Morgan fingerprint density at radius 3 is 2.24 bits per heavy atom. The van der Waals surface area contributed by atoms with Crippen molar-refractivity contribution in [3.8, 4) is 17.2 Å². The van der Waals surface area contributed by atoms with Gasteiger partial charge in [-0.25, -0.2) is 0 Å². The monoisotopic (exact) mass is 295 g/mol. The Morgan fingerprint density at radius 1 is 1.14 bits per heavy atom. The molecule has 6 nitrogen and oxygen atoms in total. The molecule has 0 radical (unpaired) electrons. The molecule has 1 aromatic carbocycles. The Morgan fingerprint density at radius 2 is 1.71 bits per heavy atom. The first-order valence-electron chi connectivity index (χ1n) is 6.78. The van der Waals surface area contributed by atoms with Gasteiger partial charge in [0.05, 0.1) is 21.3 Å². The van der Waals surface area contributed by atoms with Crippen LogP contribution in [0.4, 0.5) is 0 Å². The second-order valence-corrected chi connectivity index (χ2v) is 5.18. The first kappa shape index (κ1) is 15.4. The number of methoxy groups -OCH3 is 3. The van der Waals surface area contributed by atoms with E-state index in [0.29, 0.717) is 36.5 Å². The fraction of sp³-hybridized carbons (Fsp3) is 0.533. The highest BCUT2D eigenvalue weighted by atomic mass is 16.5. The number of carbonyl (C=O) groups is 1. The Kier molecular flexibility index (Phi) is 4.57. The van der Waals surface area contributed by atoms with E-state index in [0.717, 1.165) is 0 Å². The number of hydrogen-bond acceptors (Lipinski definition) is 6. The SMILES string of the molecule is COC(=O)C1(N)CCC(Oc2cc(OC)cc(OC)c2)C1. The molecule has 2 N–H and O–H groups in total. The molecule has 1 saturated carbocycles. The van der Waals surface area contributed by atoms with E-state index in [1.54, 1.807) is 32.4 Å². The molecular formula is C15H21NO5. The number of rotatable bonds is 5. The molecule has 2 unspecified atom stereocenters. The fourth-order valence-electron chi connectivity index (χ4n) is 2.56. The summed E-state index contributed by atoms with van der Waals surface area (Å²) in [6, 6.07) is 5.32. The first-order valence-corrected chi connectivity index (χ1v) is 6.78. The van der Waals surface area contributed by atoms with Crippen molar-refractivity contribution in [2.75, 3.05) is 21.3 Å². The topological polar surface area (TPSA) is 80.0 Å². The van der Waals surface area contributed by atoms with Crippen molar-refractivity contribution in [3.63, 3.8) is 0 Å². The van der Waals surface area contributed by atoms with Crippen LogP contribution in [0.3, 0.4) is 0 Å². The molecule has 0 saturated heterocycles. The number of ether oxygens (including phenoxy) is 4. The van der Waals surface area contributed by atoms with Crippen molar-refractivity contribution in [2.45, 2.75) is 30.9 Å². The molecule has 1 fully saturated rings. The summed E-state index contributed by atoms with van der Waals surface area (Å²) in [5.41, 5.74) is 5.11. The Balaban J connectivity index is 2.08. The van der Waals surface area contributed by atoms with Crippen molar-refractivity contribution in [3.05, 3.63) is 18.2 Å². The average Bonchev–Trinajstić information content (AvgIpc) is 2.88. The Hall–Kier alpha value is -1.95. The number of esters is 1. The highest BCUT2D eigenvalue weighted by molar-refractivity contribution is 5.80. The summed E-state index contributed by atoms with van der Waals surface area (Å²) in [4.78, 5) is 11.7. The maximum atomic E-state index is 11.7. The molecule has 1 aliphatic rings. The molecule has 0 bridgehead atoms. The van der Waals surface area contributed by atoms with Crippen LogP contribution >= 0.6 is 0 Å². The van der Waals surface area contributed by atoms with Crippen LogP contribution in [-0.2, 0) is 9.53 Å². The van der Waals surface area contributed by atoms with Crippen molar-refractivity contribution in [2.24, 2.45) is 5.73 Å². The van der Waals surface area contributed by atoms with Crippen LogP contribution in [0, 0.1) is 0 Å². The van der Waals surface area contributed by atoms with Gasteiger partial charge >= 0.3 is 5.97 Å². The van der Waals surface area contributed by atoms with E-state index in [1.165, 1.54) is 7.11 Å². The minimum atomic E-state index is -0.956. The quantitative estimate of drug-likeness (QED) is 0.829. The van der Waals surface area contributed by atoms with Crippen LogP contribution < -0.4 is 19.9 Å². The van der Waals surface area contributed by atoms with E-state index in [4.69, 9.17) is 24.7 Å². The smallest absolute Gasteiger partial charge is 0.325 e. The predicted molar refractivity (Wildman–Crippen MR) is 76.7 cm³/mol. The van der Waals surface area contributed by atoms with Crippen LogP contribution in [0.25, 0.3) is 0 Å². The number of benzene rings is 1. The molecule has 6 heteroatoms. The molecule has 0 aliphatic heterocycles. The van der Waals surface area contributed by atoms with E-state index in [1.807, 2.05) is 0 Å². The van der Waals surface area contributed by atoms with Gasteiger partial charge in [-0.3, -0.25) is 4.79 Å². The number of hydrogen-bond donors (Lipinski definition) is 1. The largest absolute Gasteiger partial charge is 0.496 e. The lowest BCUT2D eigenvalue weighted by atomic mass is 10.00. The van der Waals surface area contributed by atoms with E-state index >= 15 is 0 Å². The highest BCUT2D eigenvalue weighted by Crippen LogP contribution is 2.34. The lowest BCUT2D eigenvalue weighted by Crippen LogP contribution is -2.47. The van der Waals surface area contributed by atoms with Crippen LogP contribution in [-0.4, -0.2) is 38.9 Å². The second kappa shape index (κ2) is 6.22. The zero-order valence-electron chi connectivity index (χ0n) is 12.5. The van der Waals surface area contributed by atoms with Crippen molar-refractivity contribution in [1.29, 1.82) is 0 Å². The van der Waals surface area contributed by atoms with E-state index in [9.17, 15) is 4.79 Å². The van der Waals surface area contributed by atoms with Gasteiger partial charge in [0.1, 0.15) is 28.9 Å². The minimum Gasteiger partial charge on any atom is -0.496 e. The van der Waals surface area contributed by atoms with Gasteiger partial charge in [-0.2, -0.15) is 0 Å². The number of carbonyl (C=O) groups excluding carboxylic acids is 1. The van der Waals surface area contributed by atoms with E-state index in [2.05, 4.69) is 0 Å². The average molecular weight is 295 g/mol. The molecule has 21 heavy (non-hydrogen) atoms. The van der Waals surface area contributed by atoms with Crippen molar-refractivity contribution < 1.29 is 23.7 Å². The molecule has 116 valence electrons. The normalized spacial score (nSPS) is 24.5. The highest BCUT2D eigenvalue weighted by Gasteiger charge is 2.44. The zero-order valence-corrected chi connectivity index (χ0v) is 12.5. The fourth-order valence-corrected chi connectivity index (χ4v) is 2.56. The van der Waals surface area contributed by atoms with Gasteiger partial charge in [-0.15, -0.1) is 0 Å². The van der Waals surface area contributed by atoms with Gasteiger partial charge in [0.2, 0.25) is 0 Å². The van der Waals surface area contributed by atoms with Gasteiger partial charge in [-0.1, -0.05) is 0 Å². The van der Waals surface area contributed by atoms with Crippen LogP contribution in [0.1, 0.15) is 19.3 Å². The molecule has 0 heterocycles. The molecule has 0 aromatic heterocycles. The van der Waals surface area contributed by atoms with Gasteiger partial charge in [-0.05, 0) is 12.8 Å². The van der Waals surface area contributed by atoms with Gasteiger partial charge in [0.15, 0.2) is 0 Å². The third-order valence-electron chi connectivity index (χ3n) is 3.72. The minimum absolute atomic E-state index is 0.133. The first-order chi connectivity index (χ1) is 10.0. The van der Waals surface area contributed by atoms with Crippen molar-refractivity contribution in [1.82, 2.24) is 0 Å². The zero-order chi connectivity index (χ0) is 15.5. The number of nitrogens with two attached hydrogens (primary N) is 1. The van der Waals surface area contributed by atoms with Gasteiger partial charge < -0.3 is 24.7 Å². The Labute approximate surface area is 124 Å². The maximum Gasteiger partial charge on any atom is 0.325 e. The standard InChI is InChI=1S/C15H21NO5/c1-18-11-6-12(19-2)8-13(7-11)21-10-4-5-15(16,9-10)14(17)20-3/h6-8,10H,4-5,9,16H2,1-3H3. The molecule has 2 rings (SSSR count). The molecule has 1 aliphatic carbocycles. The van der Waals surface area contributed by atoms with Crippen LogP contribution in [0.15, 0.2) is 18.2 Å². The molecule has 2 atom stereocenters. The summed E-state index contributed by atoms with van der Waals surface area (Å²) in [6.45, 7) is 0. The summed E-state index contributed by atoms with van der Waals surface area (Å²) in [5.74, 6) is 1.53. The molecular weight excluding hydrogens is 274 g/mol. The van der Waals surface area contributed by atoms with Crippen LogP contribution in [0.2, 0.25) is 0 Å². The van der Waals surface area contributed by atoms with E-state index in [-0.39, 0.29) is 6.10 Å². The van der Waals surface area contributed by atoms with Gasteiger partial charge in [0, 0.05) is 24.6 Å². The molecule has 0 amide bonds. The second-order valence-electron chi connectivity index (χ2n) is 5.18. The van der Waals surface area contributed by atoms with Gasteiger partial charge in [0.25, 0.3) is 0 Å². The lowest BCUT2D eigenvalue weighted by Gasteiger charge is -2.21. The lowest BCUT2D eigenvalue weighted by molar-refractivity contribution is -0.147. The van der Waals surface area contributed by atoms with Crippen LogP contribution in [0.5, 0.6) is 17.2 Å². The molecule has 0 spiro atoms. The molecule has 1 aromatic rings.